The molecule has 4 aromatic heterocycles. The van der Waals surface area contributed by atoms with Crippen molar-refractivity contribution in [2.24, 2.45) is 5.92 Å². The van der Waals surface area contributed by atoms with E-state index in [0.717, 1.165) is 19.0 Å². The summed E-state index contributed by atoms with van der Waals surface area (Å²) >= 11 is 6.05. The van der Waals surface area contributed by atoms with Crippen LogP contribution in [0.1, 0.15) is 43.1 Å². The predicted octanol–water partition coefficient (Wildman–Crippen LogP) is 4.47. The molecule has 15 heteroatoms. The highest BCUT2D eigenvalue weighted by atomic mass is 35.5. The molecule has 1 saturated carbocycles. The van der Waals surface area contributed by atoms with E-state index >= 15 is 4.39 Å². The van der Waals surface area contributed by atoms with E-state index in [0.29, 0.717) is 27.4 Å². The minimum Gasteiger partial charge on any atom is -0.618 e. The van der Waals surface area contributed by atoms with Crippen LogP contribution < -0.4 is 4.73 Å². The molecule has 0 aliphatic heterocycles. The number of hydrogen-bond donors (Lipinski definition) is 0. The second-order valence-electron chi connectivity index (χ2n) is 9.32. The number of alkyl halides is 2. The van der Waals surface area contributed by atoms with Crippen molar-refractivity contribution < 1.29 is 17.9 Å². The second-order valence-corrected chi connectivity index (χ2v) is 9.73. The van der Waals surface area contributed by atoms with Crippen molar-refractivity contribution in [3.8, 4) is 34.1 Å². The van der Waals surface area contributed by atoms with Gasteiger partial charge in [-0.05, 0) is 41.0 Å². The molecule has 6 rings (SSSR count). The second kappa shape index (κ2) is 10.1. The van der Waals surface area contributed by atoms with Gasteiger partial charge in [0.25, 0.3) is 0 Å². The summed E-state index contributed by atoms with van der Waals surface area (Å²) in [7, 11) is 0. The quantitative estimate of drug-likeness (QED) is 0.200. The molecule has 0 amide bonds. The van der Waals surface area contributed by atoms with Gasteiger partial charge >= 0.3 is 6.55 Å². The molecule has 0 radical (unpaired) electrons. The third kappa shape index (κ3) is 4.54. The summed E-state index contributed by atoms with van der Waals surface area (Å²) in [5.74, 6) is -0.381. The summed E-state index contributed by atoms with van der Waals surface area (Å²) in [6.45, 7) is -2.95. The van der Waals surface area contributed by atoms with Crippen LogP contribution in [0.2, 0.25) is 5.02 Å². The standard InChI is InChI=1S/C25H18ClF3N10O/c26-18-4-6-20(37-13-31-34-35-37)22(23(18)27)15-3-5-19(38(40)12-15)21(7-14-1-2-14)36-11-17(10-32-36)24-16(8-30)9-33-39(24)25(28)29/h3-6,9-14,21,25H,1-2,7H2. The van der Waals surface area contributed by atoms with Crippen LogP contribution in [-0.2, 0) is 0 Å². The summed E-state index contributed by atoms with van der Waals surface area (Å²) < 4.78 is 46.2. The van der Waals surface area contributed by atoms with Crippen molar-refractivity contribution in [1.82, 2.24) is 39.8 Å². The SMILES string of the molecule is N#Cc1cnn(C(F)F)c1-c1cnn(C(CC2CC2)c2ccc(-c3c(-n4cnnn4)ccc(Cl)c3F)c[n+]2[O-])c1. The minimum atomic E-state index is -2.95. The lowest BCUT2D eigenvalue weighted by Crippen LogP contribution is -2.35. The fourth-order valence-corrected chi connectivity index (χ4v) is 4.88. The van der Waals surface area contributed by atoms with Crippen LogP contribution in [0.4, 0.5) is 13.2 Å². The van der Waals surface area contributed by atoms with Crippen LogP contribution in [0.25, 0.3) is 28.1 Å². The van der Waals surface area contributed by atoms with Crippen LogP contribution in [0.15, 0.2) is 55.4 Å². The average molecular weight is 567 g/mol. The lowest BCUT2D eigenvalue weighted by molar-refractivity contribution is -0.615. The Bertz CT molecular complexity index is 1740. The van der Waals surface area contributed by atoms with Gasteiger partial charge in [0, 0.05) is 17.8 Å². The van der Waals surface area contributed by atoms with E-state index in [4.69, 9.17) is 11.6 Å². The van der Waals surface area contributed by atoms with E-state index in [1.165, 1.54) is 40.3 Å². The molecule has 1 aromatic carbocycles. The molecule has 1 aliphatic rings. The van der Waals surface area contributed by atoms with Crippen LogP contribution in [-0.4, -0.2) is 39.8 Å². The van der Waals surface area contributed by atoms with Gasteiger partial charge in [0.2, 0.25) is 5.69 Å². The van der Waals surface area contributed by atoms with Crippen LogP contribution in [0.3, 0.4) is 0 Å². The number of tetrazole rings is 1. The Hall–Kier alpha value is -4.77. The zero-order valence-electron chi connectivity index (χ0n) is 20.4. The molecule has 0 N–H and O–H groups in total. The van der Waals surface area contributed by atoms with Gasteiger partial charge in [-0.15, -0.1) is 5.10 Å². The number of rotatable bonds is 8. The number of nitriles is 1. The summed E-state index contributed by atoms with van der Waals surface area (Å²) in [6, 6.07) is 7.40. The normalized spacial score (nSPS) is 14.0. The number of pyridine rings is 1. The zero-order chi connectivity index (χ0) is 28.0. The third-order valence-electron chi connectivity index (χ3n) is 6.79. The lowest BCUT2D eigenvalue weighted by Gasteiger charge is -2.18. The predicted molar refractivity (Wildman–Crippen MR) is 133 cm³/mol. The number of hydrogen-bond acceptors (Lipinski definition) is 7. The van der Waals surface area contributed by atoms with Crippen LogP contribution in [0, 0.1) is 28.3 Å². The van der Waals surface area contributed by atoms with Gasteiger partial charge in [-0.2, -0.15) is 33.7 Å². The van der Waals surface area contributed by atoms with Crippen molar-refractivity contribution in [2.45, 2.75) is 31.9 Å². The lowest BCUT2D eigenvalue weighted by atomic mass is 10.0. The molecule has 1 atom stereocenters. The van der Waals surface area contributed by atoms with Crippen molar-refractivity contribution in [1.29, 1.82) is 5.26 Å². The van der Waals surface area contributed by atoms with Crippen LogP contribution in [0.5, 0.6) is 0 Å². The molecule has 1 fully saturated rings. The Morgan fingerprint density at radius 3 is 2.65 bits per heavy atom. The minimum absolute atomic E-state index is 0.0243. The van der Waals surface area contributed by atoms with Gasteiger partial charge in [-0.3, -0.25) is 4.68 Å². The molecule has 1 unspecified atom stereocenters. The molecule has 11 nitrogen and oxygen atoms in total. The highest BCUT2D eigenvalue weighted by Gasteiger charge is 2.33. The van der Waals surface area contributed by atoms with Gasteiger partial charge in [-0.25, -0.2) is 9.07 Å². The van der Waals surface area contributed by atoms with E-state index < -0.39 is 18.4 Å². The molecule has 4 heterocycles. The molecule has 40 heavy (non-hydrogen) atoms. The first kappa shape index (κ1) is 25.5. The molecular formula is C25H18ClF3N10O. The largest absolute Gasteiger partial charge is 0.618 e. The van der Waals surface area contributed by atoms with E-state index in [1.807, 2.05) is 6.07 Å². The first-order chi connectivity index (χ1) is 19.4. The first-order valence-electron chi connectivity index (χ1n) is 12.1. The maximum Gasteiger partial charge on any atom is 0.333 e. The number of halogens is 4. The van der Waals surface area contributed by atoms with Gasteiger partial charge in [0.05, 0.1) is 45.5 Å². The fraction of sp³-hybridized carbons (Fsp3) is 0.240. The maximum absolute atomic E-state index is 15.2. The maximum atomic E-state index is 15.2. The average Bonchev–Trinajstić information content (AvgIpc) is 3.32. The van der Waals surface area contributed by atoms with E-state index in [2.05, 4.69) is 25.7 Å². The van der Waals surface area contributed by atoms with Gasteiger partial charge in [0.15, 0.2) is 12.0 Å². The molecule has 202 valence electrons. The topological polar surface area (TPSA) is 130 Å². The molecule has 0 spiro atoms. The summed E-state index contributed by atoms with van der Waals surface area (Å²) in [4.78, 5) is 0. The smallest absolute Gasteiger partial charge is 0.333 e. The number of benzene rings is 1. The van der Waals surface area contributed by atoms with Crippen LogP contribution >= 0.6 is 11.6 Å². The Morgan fingerprint density at radius 2 is 1.98 bits per heavy atom. The van der Waals surface area contributed by atoms with Crippen molar-refractivity contribution in [3.63, 3.8) is 0 Å². The fourth-order valence-electron chi connectivity index (χ4n) is 4.72. The highest BCUT2D eigenvalue weighted by molar-refractivity contribution is 6.31. The summed E-state index contributed by atoms with van der Waals surface area (Å²) in [6.07, 6.45) is 9.03. The monoisotopic (exact) mass is 566 g/mol. The molecule has 0 bridgehead atoms. The number of aromatic nitrogens is 9. The number of nitrogens with zero attached hydrogens (tertiary/aromatic N) is 10. The summed E-state index contributed by atoms with van der Waals surface area (Å²) in [5.41, 5.74) is 1.07. The Kier molecular flexibility index (Phi) is 6.43. The van der Waals surface area contributed by atoms with Crippen molar-refractivity contribution >= 4 is 11.6 Å². The highest BCUT2D eigenvalue weighted by Crippen LogP contribution is 2.40. The first-order valence-corrected chi connectivity index (χ1v) is 12.5. The zero-order valence-corrected chi connectivity index (χ0v) is 21.2. The molecular weight excluding hydrogens is 549 g/mol. The Labute approximate surface area is 229 Å². The van der Waals surface area contributed by atoms with Gasteiger partial charge in [0.1, 0.15) is 18.4 Å². The van der Waals surface area contributed by atoms with Crippen molar-refractivity contribution in [2.75, 3.05) is 0 Å². The van der Waals surface area contributed by atoms with E-state index in [-0.39, 0.29) is 38.7 Å². The third-order valence-corrected chi connectivity index (χ3v) is 7.08. The van der Waals surface area contributed by atoms with E-state index in [9.17, 15) is 19.2 Å². The van der Waals surface area contributed by atoms with Gasteiger partial charge < -0.3 is 5.21 Å². The van der Waals surface area contributed by atoms with E-state index in [1.54, 1.807) is 18.2 Å². The molecule has 0 saturated heterocycles. The summed E-state index contributed by atoms with van der Waals surface area (Å²) in [5, 5.41) is 41.7. The Balaban J connectivity index is 1.41. The van der Waals surface area contributed by atoms with Crippen molar-refractivity contribution in [3.05, 3.63) is 82.7 Å². The molecule has 1 aliphatic carbocycles. The Morgan fingerprint density at radius 1 is 1.15 bits per heavy atom. The van der Waals surface area contributed by atoms with Gasteiger partial charge in [-0.1, -0.05) is 24.4 Å². The molecule has 5 aromatic rings.